The van der Waals surface area contributed by atoms with E-state index in [0.717, 1.165) is 18.7 Å². The number of carbonyl (C=O) groups is 1. The Labute approximate surface area is 112 Å². The number of nitrogens with zero attached hydrogens (tertiary/aromatic N) is 1. The third kappa shape index (κ3) is 2.72. The monoisotopic (exact) mass is 262 g/mol. The smallest absolute Gasteiger partial charge is 0.410 e. The van der Waals surface area contributed by atoms with E-state index in [-0.39, 0.29) is 18.2 Å². The first-order valence-corrected chi connectivity index (χ1v) is 6.62. The molecule has 1 aromatic rings. The van der Waals surface area contributed by atoms with E-state index in [0.29, 0.717) is 19.8 Å². The number of rotatable bonds is 2. The molecule has 1 aromatic carbocycles. The normalized spacial score (nSPS) is 26.0. The molecular weight excluding hydrogens is 244 g/mol. The van der Waals surface area contributed by atoms with Crippen LogP contribution in [0.1, 0.15) is 5.56 Å². The molecule has 0 spiro atoms. The fourth-order valence-corrected chi connectivity index (χ4v) is 2.62. The molecule has 2 aliphatic rings. The van der Waals surface area contributed by atoms with Crippen LogP contribution in [0.4, 0.5) is 4.79 Å². The van der Waals surface area contributed by atoms with Crippen molar-refractivity contribution in [1.82, 2.24) is 10.2 Å². The van der Waals surface area contributed by atoms with Crippen molar-refractivity contribution >= 4 is 6.09 Å². The fraction of sp³-hybridized carbons (Fsp3) is 0.500. The molecule has 2 aliphatic heterocycles. The summed E-state index contributed by atoms with van der Waals surface area (Å²) in [4.78, 5) is 14.0. The van der Waals surface area contributed by atoms with Crippen LogP contribution in [0.2, 0.25) is 0 Å². The predicted molar refractivity (Wildman–Crippen MR) is 69.7 cm³/mol. The molecule has 0 aliphatic carbocycles. The van der Waals surface area contributed by atoms with Gasteiger partial charge in [0.25, 0.3) is 0 Å². The van der Waals surface area contributed by atoms with Gasteiger partial charge in [0.05, 0.1) is 25.3 Å². The minimum absolute atomic E-state index is 0.0933. The van der Waals surface area contributed by atoms with Gasteiger partial charge in [-0.3, -0.25) is 4.90 Å². The first kappa shape index (κ1) is 12.4. The summed E-state index contributed by atoms with van der Waals surface area (Å²) in [5.74, 6) is 0. The number of nitrogens with one attached hydrogen (secondary N) is 1. The van der Waals surface area contributed by atoms with Gasteiger partial charge < -0.3 is 14.8 Å². The van der Waals surface area contributed by atoms with Crippen LogP contribution in [0.25, 0.3) is 0 Å². The molecule has 102 valence electrons. The second-order valence-electron chi connectivity index (χ2n) is 4.95. The Hall–Kier alpha value is -1.59. The Bertz CT molecular complexity index is 416. The predicted octanol–water partition coefficient (Wildman–Crippen LogP) is 0.996. The van der Waals surface area contributed by atoms with Crippen molar-refractivity contribution in [3.8, 4) is 0 Å². The number of ether oxygens (including phenoxy) is 2. The lowest BCUT2D eigenvalue weighted by molar-refractivity contribution is -0.0589. The number of benzene rings is 1. The minimum atomic E-state index is -0.233. The number of amides is 1. The van der Waals surface area contributed by atoms with Crippen LogP contribution in [-0.4, -0.2) is 49.4 Å². The SMILES string of the molecule is O=C(OCc1ccccc1)N1[C@H]2CNC[C@H]1COC2. The molecule has 2 heterocycles. The van der Waals surface area contributed by atoms with Gasteiger partial charge in [0, 0.05) is 13.1 Å². The van der Waals surface area contributed by atoms with Crippen LogP contribution >= 0.6 is 0 Å². The van der Waals surface area contributed by atoms with Crippen molar-refractivity contribution in [3.05, 3.63) is 35.9 Å². The van der Waals surface area contributed by atoms with E-state index < -0.39 is 0 Å². The lowest BCUT2D eigenvalue weighted by Gasteiger charge is -2.45. The second kappa shape index (κ2) is 5.59. The zero-order valence-corrected chi connectivity index (χ0v) is 10.7. The average molecular weight is 262 g/mol. The molecule has 5 heteroatoms. The summed E-state index contributed by atoms with van der Waals surface area (Å²) in [6.45, 7) is 3.05. The van der Waals surface area contributed by atoms with Gasteiger partial charge in [-0.05, 0) is 5.56 Å². The van der Waals surface area contributed by atoms with E-state index in [2.05, 4.69) is 5.32 Å². The summed E-state index contributed by atoms with van der Waals surface area (Å²) in [5, 5.41) is 3.32. The largest absolute Gasteiger partial charge is 0.445 e. The highest BCUT2D eigenvalue weighted by Crippen LogP contribution is 2.18. The van der Waals surface area contributed by atoms with Crippen LogP contribution in [-0.2, 0) is 16.1 Å². The molecule has 2 bridgehead atoms. The third-order valence-electron chi connectivity index (χ3n) is 3.58. The molecule has 2 saturated heterocycles. The van der Waals surface area contributed by atoms with Crippen LogP contribution in [0, 0.1) is 0 Å². The zero-order valence-electron chi connectivity index (χ0n) is 10.7. The maximum absolute atomic E-state index is 12.2. The van der Waals surface area contributed by atoms with Gasteiger partial charge in [0.15, 0.2) is 0 Å². The van der Waals surface area contributed by atoms with Gasteiger partial charge in [0.1, 0.15) is 6.61 Å². The second-order valence-corrected chi connectivity index (χ2v) is 4.95. The number of carbonyl (C=O) groups excluding carboxylic acids is 1. The molecule has 1 N–H and O–H groups in total. The fourth-order valence-electron chi connectivity index (χ4n) is 2.62. The van der Waals surface area contributed by atoms with E-state index in [4.69, 9.17) is 9.47 Å². The average Bonchev–Trinajstić information content (AvgIpc) is 2.45. The van der Waals surface area contributed by atoms with Crippen LogP contribution < -0.4 is 5.32 Å². The maximum Gasteiger partial charge on any atom is 0.410 e. The standard InChI is InChI=1S/C14H18N2O3/c17-14(19-8-11-4-2-1-3-5-11)16-12-6-15-7-13(16)10-18-9-12/h1-5,12-13,15H,6-10H2/t12-,13-/m0/s1. The number of morpholine rings is 1. The van der Waals surface area contributed by atoms with E-state index in [9.17, 15) is 4.79 Å². The van der Waals surface area contributed by atoms with Gasteiger partial charge in [-0.15, -0.1) is 0 Å². The summed E-state index contributed by atoms with van der Waals surface area (Å²) in [6, 6.07) is 9.92. The van der Waals surface area contributed by atoms with E-state index in [1.54, 1.807) is 0 Å². The van der Waals surface area contributed by atoms with Crippen molar-refractivity contribution in [2.24, 2.45) is 0 Å². The first-order valence-electron chi connectivity index (χ1n) is 6.62. The highest BCUT2D eigenvalue weighted by molar-refractivity contribution is 5.69. The molecule has 0 radical (unpaired) electrons. The van der Waals surface area contributed by atoms with E-state index >= 15 is 0 Å². The van der Waals surface area contributed by atoms with Gasteiger partial charge in [-0.2, -0.15) is 0 Å². The number of fused-ring (bicyclic) bond motifs is 2. The minimum Gasteiger partial charge on any atom is -0.445 e. The van der Waals surface area contributed by atoms with Gasteiger partial charge >= 0.3 is 6.09 Å². The van der Waals surface area contributed by atoms with Crippen molar-refractivity contribution in [2.45, 2.75) is 18.7 Å². The molecule has 2 atom stereocenters. The highest BCUT2D eigenvalue weighted by Gasteiger charge is 2.38. The molecule has 2 fully saturated rings. The molecule has 1 amide bonds. The van der Waals surface area contributed by atoms with E-state index in [1.807, 2.05) is 35.2 Å². The lowest BCUT2D eigenvalue weighted by atomic mass is 10.1. The molecular formula is C14H18N2O3. The molecule has 19 heavy (non-hydrogen) atoms. The van der Waals surface area contributed by atoms with Gasteiger partial charge in [-0.1, -0.05) is 30.3 Å². The topological polar surface area (TPSA) is 50.8 Å². The number of hydrogen-bond acceptors (Lipinski definition) is 4. The Morgan fingerprint density at radius 2 is 1.95 bits per heavy atom. The Kier molecular flexibility index (Phi) is 3.66. The van der Waals surface area contributed by atoms with Crippen molar-refractivity contribution < 1.29 is 14.3 Å². The van der Waals surface area contributed by atoms with E-state index in [1.165, 1.54) is 0 Å². The highest BCUT2D eigenvalue weighted by atomic mass is 16.6. The quantitative estimate of drug-likeness (QED) is 0.863. The zero-order chi connectivity index (χ0) is 13.1. The first-order chi connectivity index (χ1) is 9.34. The molecule has 3 rings (SSSR count). The third-order valence-corrected chi connectivity index (χ3v) is 3.58. The Balaban J connectivity index is 1.60. The molecule has 0 saturated carbocycles. The summed E-state index contributed by atoms with van der Waals surface area (Å²) in [6.07, 6.45) is -0.233. The van der Waals surface area contributed by atoms with Crippen molar-refractivity contribution in [3.63, 3.8) is 0 Å². The summed E-state index contributed by atoms with van der Waals surface area (Å²) in [7, 11) is 0. The summed E-state index contributed by atoms with van der Waals surface area (Å²) >= 11 is 0. The Morgan fingerprint density at radius 3 is 2.63 bits per heavy atom. The Morgan fingerprint density at radius 1 is 1.26 bits per heavy atom. The van der Waals surface area contributed by atoms with Crippen LogP contribution in [0.5, 0.6) is 0 Å². The number of hydrogen-bond donors (Lipinski definition) is 1. The van der Waals surface area contributed by atoms with Crippen molar-refractivity contribution in [1.29, 1.82) is 0 Å². The van der Waals surface area contributed by atoms with Gasteiger partial charge in [-0.25, -0.2) is 4.79 Å². The summed E-state index contributed by atoms with van der Waals surface area (Å²) in [5.41, 5.74) is 1.01. The molecule has 5 nitrogen and oxygen atoms in total. The molecule has 0 aromatic heterocycles. The van der Waals surface area contributed by atoms with Gasteiger partial charge in [0.2, 0.25) is 0 Å². The maximum atomic E-state index is 12.2. The molecule has 0 unspecified atom stereocenters. The van der Waals surface area contributed by atoms with Crippen molar-refractivity contribution in [2.75, 3.05) is 26.3 Å². The summed E-state index contributed by atoms with van der Waals surface area (Å²) < 4.78 is 10.9. The lowest BCUT2D eigenvalue weighted by Crippen LogP contribution is -2.65. The van der Waals surface area contributed by atoms with Crippen LogP contribution in [0.3, 0.4) is 0 Å². The van der Waals surface area contributed by atoms with Crippen LogP contribution in [0.15, 0.2) is 30.3 Å². The number of piperazine rings is 1.